The Balaban J connectivity index is 1.91. The molecule has 0 aromatic heterocycles. The first-order chi connectivity index (χ1) is 7.50. The number of hydrogen-bond donors (Lipinski definition) is 1. The molecule has 16 heavy (non-hydrogen) atoms. The van der Waals surface area contributed by atoms with Crippen LogP contribution in [0.5, 0.6) is 0 Å². The molecule has 1 aliphatic carbocycles. The van der Waals surface area contributed by atoms with Gasteiger partial charge in [0.05, 0.1) is 0 Å². The molecule has 1 saturated carbocycles. The van der Waals surface area contributed by atoms with Gasteiger partial charge in [-0.05, 0) is 33.7 Å². The fourth-order valence-electron chi connectivity index (χ4n) is 3.33. The normalized spacial score (nSPS) is 36.8. The van der Waals surface area contributed by atoms with Crippen molar-refractivity contribution in [3.8, 4) is 0 Å². The third kappa shape index (κ3) is 2.58. The summed E-state index contributed by atoms with van der Waals surface area (Å²) in [6, 6.07) is 1.32. The molecule has 0 aromatic carbocycles. The van der Waals surface area contributed by atoms with Crippen LogP contribution in [0.3, 0.4) is 0 Å². The maximum atomic E-state index is 6.46. The topological polar surface area (TPSA) is 32.5 Å². The average Bonchev–Trinajstić information content (AvgIpc) is 2.61. The summed E-state index contributed by atoms with van der Waals surface area (Å²) in [6.07, 6.45) is 5.11. The van der Waals surface area contributed by atoms with E-state index in [-0.39, 0.29) is 5.54 Å². The summed E-state index contributed by atoms with van der Waals surface area (Å²) in [4.78, 5) is 5.06. The molecule has 1 saturated heterocycles. The zero-order valence-electron chi connectivity index (χ0n) is 11.1. The monoisotopic (exact) mass is 225 g/mol. The Kier molecular flexibility index (Phi) is 3.57. The van der Waals surface area contributed by atoms with E-state index in [0.717, 1.165) is 6.54 Å². The van der Waals surface area contributed by atoms with Crippen molar-refractivity contribution in [2.24, 2.45) is 5.73 Å². The Bertz CT molecular complexity index is 223. The molecule has 3 nitrogen and oxygen atoms in total. The average molecular weight is 225 g/mol. The zero-order chi connectivity index (χ0) is 11.8. The lowest BCUT2D eigenvalue weighted by molar-refractivity contribution is 0.0470. The van der Waals surface area contributed by atoms with Crippen LogP contribution in [-0.4, -0.2) is 54.1 Å². The molecule has 2 unspecified atom stereocenters. The molecule has 2 aliphatic rings. The summed E-state index contributed by atoms with van der Waals surface area (Å²) in [5.41, 5.74) is 6.58. The highest BCUT2D eigenvalue weighted by molar-refractivity contribution is 4.94. The number of rotatable bonds is 2. The van der Waals surface area contributed by atoms with Crippen LogP contribution in [-0.2, 0) is 0 Å². The Morgan fingerprint density at radius 2 is 1.62 bits per heavy atom. The van der Waals surface area contributed by atoms with Crippen LogP contribution in [0.15, 0.2) is 0 Å². The van der Waals surface area contributed by atoms with Crippen molar-refractivity contribution in [2.45, 2.75) is 57.2 Å². The minimum atomic E-state index is 0.120. The van der Waals surface area contributed by atoms with E-state index in [1.54, 1.807) is 0 Å². The van der Waals surface area contributed by atoms with Crippen molar-refractivity contribution >= 4 is 0 Å². The van der Waals surface area contributed by atoms with Gasteiger partial charge in [0.1, 0.15) is 0 Å². The van der Waals surface area contributed by atoms with Gasteiger partial charge < -0.3 is 5.73 Å². The quantitative estimate of drug-likeness (QED) is 0.768. The second-order valence-corrected chi connectivity index (χ2v) is 6.13. The lowest BCUT2D eigenvalue weighted by Crippen LogP contribution is -2.59. The van der Waals surface area contributed by atoms with Crippen molar-refractivity contribution in [3.63, 3.8) is 0 Å². The highest BCUT2D eigenvalue weighted by Crippen LogP contribution is 2.29. The lowest BCUT2D eigenvalue weighted by atomic mass is 9.97. The Morgan fingerprint density at radius 3 is 2.12 bits per heavy atom. The molecular weight excluding hydrogens is 198 g/mol. The smallest absolute Gasteiger partial charge is 0.0283 e. The maximum absolute atomic E-state index is 6.46. The van der Waals surface area contributed by atoms with Gasteiger partial charge >= 0.3 is 0 Å². The van der Waals surface area contributed by atoms with E-state index in [9.17, 15) is 0 Å². The summed E-state index contributed by atoms with van der Waals surface area (Å²) in [7, 11) is 2.24. The van der Waals surface area contributed by atoms with Gasteiger partial charge in [-0.3, -0.25) is 9.80 Å². The van der Waals surface area contributed by atoms with Crippen molar-refractivity contribution < 1.29 is 0 Å². The molecule has 0 radical (unpaired) electrons. The largest absolute Gasteiger partial charge is 0.324 e. The van der Waals surface area contributed by atoms with E-state index in [1.165, 1.54) is 38.8 Å². The first-order valence-electron chi connectivity index (χ1n) is 6.73. The third-order valence-corrected chi connectivity index (χ3v) is 4.57. The fourth-order valence-corrected chi connectivity index (χ4v) is 3.33. The van der Waals surface area contributed by atoms with Crippen LogP contribution in [0.2, 0.25) is 0 Å². The molecule has 0 spiro atoms. The summed E-state index contributed by atoms with van der Waals surface area (Å²) in [6.45, 7) is 8.11. The van der Waals surface area contributed by atoms with Crippen molar-refractivity contribution in [1.29, 1.82) is 0 Å². The Morgan fingerprint density at radius 1 is 1.12 bits per heavy atom. The predicted octanol–water partition coefficient (Wildman–Crippen LogP) is 1.28. The number of likely N-dealkylation sites (N-methyl/N-ethyl adjacent to an activating group) is 1. The lowest BCUT2D eigenvalue weighted by Gasteiger charge is -2.44. The molecule has 1 heterocycles. The van der Waals surface area contributed by atoms with Crippen LogP contribution >= 0.6 is 0 Å². The van der Waals surface area contributed by atoms with Crippen LogP contribution in [0.25, 0.3) is 0 Å². The number of nitrogens with zero attached hydrogens (tertiary/aromatic N) is 2. The van der Waals surface area contributed by atoms with Gasteiger partial charge in [0.15, 0.2) is 0 Å². The van der Waals surface area contributed by atoms with E-state index in [2.05, 4.69) is 30.7 Å². The second-order valence-electron chi connectivity index (χ2n) is 6.13. The molecule has 0 amide bonds. The molecule has 1 aliphatic heterocycles. The van der Waals surface area contributed by atoms with Crippen LogP contribution < -0.4 is 5.73 Å². The van der Waals surface area contributed by atoms with E-state index in [0.29, 0.717) is 12.1 Å². The molecule has 0 aromatic rings. The predicted molar refractivity (Wildman–Crippen MR) is 68.5 cm³/mol. The number of piperazine rings is 1. The number of nitrogens with two attached hydrogens (primary N) is 1. The SMILES string of the molecule is CC1CN(CC2(N)CCCC2)CC(C)N1C. The molecule has 2 N–H and O–H groups in total. The van der Waals surface area contributed by atoms with Crippen molar-refractivity contribution in [2.75, 3.05) is 26.7 Å². The summed E-state index contributed by atoms with van der Waals surface area (Å²) >= 11 is 0. The highest BCUT2D eigenvalue weighted by Gasteiger charge is 2.34. The van der Waals surface area contributed by atoms with Crippen molar-refractivity contribution in [1.82, 2.24) is 9.80 Å². The van der Waals surface area contributed by atoms with Crippen LogP contribution in [0, 0.1) is 0 Å². The first-order valence-corrected chi connectivity index (χ1v) is 6.73. The van der Waals surface area contributed by atoms with E-state index in [4.69, 9.17) is 5.73 Å². The number of hydrogen-bond acceptors (Lipinski definition) is 3. The first kappa shape index (κ1) is 12.3. The van der Waals surface area contributed by atoms with E-state index in [1.807, 2.05) is 0 Å². The minimum absolute atomic E-state index is 0.120. The molecule has 94 valence electrons. The molecule has 2 atom stereocenters. The third-order valence-electron chi connectivity index (χ3n) is 4.57. The molecular formula is C13H27N3. The minimum Gasteiger partial charge on any atom is -0.324 e. The summed E-state index contributed by atoms with van der Waals surface area (Å²) < 4.78 is 0. The van der Waals surface area contributed by atoms with Gasteiger partial charge in [-0.1, -0.05) is 12.8 Å². The molecule has 2 rings (SSSR count). The van der Waals surface area contributed by atoms with Crippen molar-refractivity contribution in [3.05, 3.63) is 0 Å². The summed E-state index contributed by atoms with van der Waals surface area (Å²) in [5.74, 6) is 0. The Labute approximate surface area is 100.0 Å². The van der Waals surface area contributed by atoms with Gasteiger partial charge in [-0.15, -0.1) is 0 Å². The van der Waals surface area contributed by atoms with Gasteiger partial charge in [-0.25, -0.2) is 0 Å². The molecule has 0 bridgehead atoms. The van der Waals surface area contributed by atoms with Crippen LogP contribution in [0.4, 0.5) is 0 Å². The van der Waals surface area contributed by atoms with E-state index >= 15 is 0 Å². The fraction of sp³-hybridized carbons (Fsp3) is 1.00. The highest BCUT2D eigenvalue weighted by atomic mass is 15.3. The van der Waals surface area contributed by atoms with Crippen LogP contribution in [0.1, 0.15) is 39.5 Å². The maximum Gasteiger partial charge on any atom is 0.0283 e. The zero-order valence-corrected chi connectivity index (χ0v) is 11.1. The molecule has 2 fully saturated rings. The van der Waals surface area contributed by atoms with Gasteiger partial charge in [0.2, 0.25) is 0 Å². The van der Waals surface area contributed by atoms with E-state index < -0.39 is 0 Å². The second kappa shape index (κ2) is 4.63. The van der Waals surface area contributed by atoms with Gasteiger partial charge in [0.25, 0.3) is 0 Å². The summed E-state index contributed by atoms with van der Waals surface area (Å²) in [5, 5.41) is 0. The standard InChI is InChI=1S/C13H27N3/c1-11-8-16(9-12(2)15(11)3)10-13(14)6-4-5-7-13/h11-12H,4-10,14H2,1-3H3. The Hall–Kier alpha value is -0.120. The van der Waals surface area contributed by atoms with Gasteiger partial charge in [-0.2, -0.15) is 0 Å². The molecule has 3 heteroatoms. The van der Waals surface area contributed by atoms with Gasteiger partial charge in [0, 0.05) is 37.3 Å².